The molecular weight excluding hydrogens is 1130 g/mol. The molecule has 7 heteroatoms. The van der Waals surface area contributed by atoms with E-state index in [-0.39, 0.29) is 50.3 Å². The van der Waals surface area contributed by atoms with Gasteiger partial charge in [0.05, 0.1) is 33.6 Å². The first-order valence-electron chi connectivity index (χ1n) is 36.1. The fourth-order valence-corrected chi connectivity index (χ4v) is 23.9. The molecule has 3 aromatic carbocycles. The van der Waals surface area contributed by atoms with Gasteiger partial charge in [0, 0.05) is 73.4 Å². The van der Waals surface area contributed by atoms with E-state index in [1.165, 1.54) is 137 Å². The van der Waals surface area contributed by atoms with Crippen molar-refractivity contribution < 1.29 is 19.0 Å². The van der Waals surface area contributed by atoms with Crippen molar-refractivity contribution in [3.8, 4) is 0 Å². The average Bonchev–Trinajstić information content (AvgIpc) is 1.53. The van der Waals surface area contributed by atoms with Crippen LogP contribution in [0.4, 0.5) is 5.69 Å². The molecule has 7 aliphatic heterocycles. The molecule has 1 amide bonds. The molecule has 4 aromatic rings. The number of rotatable bonds is 4. The van der Waals surface area contributed by atoms with Crippen LogP contribution in [0, 0.1) is 34.0 Å². The summed E-state index contributed by atoms with van der Waals surface area (Å²) in [5.74, 6) is 2.21. The first-order valence-corrected chi connectivity index (χ1v) is 36.1. The van der Waals surface area contributed by atoms with Crippen LogP contribution in [-0.4, -0.2) is 62.0 Å². The van der Waals surface area contributed by atoms with Gasteiger partial charge in [0.25, 0.3) is 5.91 Å². The highest BCUT2D eigenvalue weighted by Gasteiger charge is 2.70. The topological polar surface area (TPSA) is 72.9 Å². The Morgan fingerprint density at radius 2 is 1.11 bits per heavy atom. The van der Waals surface area contributed by atoms with Crippen molar-refractivity contribution in [2.24, 2.45) is 34.0 Å². The van der Waals surface area contributed by atoms with Crippen molar-refractivity contribution in [3.63, 3.8) is 0 Å². The number of benzene rings is 3. The van der Waals surface area contributed by atoms with Crippen LogP contribution in [0.3, 0.4) is 0 Å². The number of hydrogen-bond acceptors (Lipinski definition) is 6. The highest BCUT2D eigenvalue weighted by Crippen LogP contribution is 2.72. The van der Waals surface area contributed by atoms with E-state index in [1.807, 2.05) is 36.5 Å². The Labute approximate surface area is 547 Å². The van der Waals surface area contributed by atoms with Crippen molar-refractivity contribution in [2.45, 2.75) is 227 Å². The van der Waals surface area contributed by atoms with E-state index in [1.54, 1.807) is 11.1 Å². The lowest BCUT2D eigenvalue weighted by molar-refractivity contribution is -0.134. The van der Waals surface area contributed by atoms with Gasteiger partial charge in [-0.05, 0) is 243 Å². The summed E-state index contributed by atoms with van der Waals surface area (Å²) in [5, 5.41) is 5.83. The average molecular weight is 1220 g/mol. The highest BCUT2D eigenvalue weighted by atomic mass is 16.5. The minimum atomic E-state index is -0.251. The molecule has 0 radical (unpaired) electrons. The Morgan fingerprint density at radius 3 is 1.74 bits per heavy atom. The van der Waals surface area contributed by atoms with E-state index in [0.717, 1.165) is 108 Å². The first kappa shape index (κ1) is 58.4. The molecule has 92 heavy (non-hydrogen) atoms. The predicted octanol–water partition coefficient (Wildman–Crippen LogP) is 19.0. The zero-order chi connectivity index (χ0) is 62.3. The summed E-state index contributed by atoms with van der Waals surface area (Å²) in [4.78, 5) is 20.4. The number of pyridine rings is 1. The lowest BCUT2D eigenvalue weighted by atomic mass is 9.58. The number of hydrogen-bond donors (Lipinski definition) is 1. The number of allylic oxidation sites excluding steroid dienone is 4. The van der Waals surface area contributed by atoms with Crippen molar-refractivity contribution in [1.82, 2.24) is 9.88 Å². The zero-order valence-electron chi connectivity index (χ0n) is 55.1. The second-order valence-corrected chi connectivity index (χ2v) is 32.8. The fourth-order valence-electron chi connectivity index (χ4n) is 23.9. The van der Waals surface area contributed by atoms with Crippen molar-refractivity contribution in [2.75, 3.05) is 11.9 Å². The number of para-hydroxylation sites is 1. The maximum Gasteiger partial charge on any atom is 0.251 e. The number of fused-ring (bicyclic) bond motifs is 5. The minimum absolute atomic E-state index is 0.0290. The summed E-state index contributed by atoms with van der Waals surface area (Å²) in [6.45, 7) is 22.7. The van der Waals surface area contributed by atoms with Gasteiger partial charge in [0.15, 0.2) is 0 Å². The minimum Gasteiger partial charge on any atom is -0.359 e. The monoisotopic (exact) mass is 1220 g/mol. The second-order valence-electron chi connectivity index (χ2n) is 32.8. The summed E-state index contributed by atoms with van der Waals surface area (Å²) in [6.07, 6.45) is 48.6. The van der Waals surface area contributed by atoms with Crippen molar-refractivity contribution in [1.29, 1.82) is 0 Å². The fraction of sp³-hybridized carbons (Fsp3) is 0.506. The third-order valence-corrected chi connectivity index (χ3v) is 28.4. The SMILES string of the molecule is C=C1CCC2=CC3=CC[C@]4(C)C(C(=O)Nc5ccccc5)=CC[C@H]4[C@@]34CC[C@]2(C1)O4.C=C1CCC2=CC3=CC[C@]4(C)[C@@H](N5CCc6ccncc6C5)CC[C@H]4[C@@]34CC[C@]2(C1)O4.C=C1CCC2=CC3=CC[C@]4(C)[C@@H](c5ccc6ccccc6c5)CC[C@H]4[C@@]34CC[C@]2(C1)O4. The Kier molecular flexibility index (Phi) is 13.1. The summed E-state index contributed by atoms with van der Waals surface area (Å²) >= 11 is 0. The van der Waals surface area contributed by atoms with Gasteiger partial charge in [-0.3, -0.25) is 14.7 Å². The normalized spacial score (nSPS) is 41.0. The van der Waals surface area contributed by atoms with Crippen LogP contribution >= 0.6 is 0 Å². The number of nitrogens with one attached hydrogen (secondary N) is 1. The van der Waals surface area contributed by atoms with Crippen LogP contribution < -0.4 is 5.32 Å². The lowest BCUT2D eigenvalue weighted by Crippen LogP contribution is -2.56. The van der Waals surface area contributed by atoms with Gasteiger partial charge in [-0.25, -0.2) is 0 Å². The quantitative estimate of drug-likeness (QED) is 0.205. The maximum absolute atomic E-state index is 13.2. The molecule has 9 aliphatic carbocycles. The molecule has 8 heterocycles. The van der Waals surface area contributed by atoms with E-state index in [9.17, 15) is 4.79 Å². The van der Waals surface area contributed by atoms with Crippen LogP contribution in [0.25, 0.3) is 10.8 Å². The molecule has 0 unspecified atom stereocenters. The van der Waals surface area contributed by atoms with Gasteiger partial charge in [-0.2, -0.15) is 0 Å². The molecule has 16 aliphatic rings. The van der Waals surface area contributed by atoms with E-state index in [4.69, 9.17) is 14.2 Å². The molecule has 8 fully saturated rings. The number of anilines is 1. The summed E-state index contributed by atoms with van der Waals surface area (Å²) in [5.41, 5.74) is 19.2. The molecule has 20 rings (SSSR count). The van der Waals surface area contributed by atoms with E-state index in [0.29, 0.717) is 35.1 Å². The molecule has 7 nitrogen and oxygen atoms in total. The smallest absolute Gasteiger partial charge is 0.251 e. The van der Waals surface area contributed by atoms with Gasteiger partial charge < -0.3 is 19.5 Å². The third-order valence-electron chi connectivity index (χ3n) is 28.4. The van der Waals surface area contributed by atoms with Gasteiger partial charge in [0.1, 0.15) is 0 Å². The molecule has 6 bridgehead atoms. The maximum atomic E-state index is 13.2. The Bertz CT molecular complexity index is 4100. The van der Waals surface area contributed by atoms with E-state index < -0.39 is 0 Å². The largest absolute Gasteiger partial charge is 0.359 e. The van der Waals surface area contributed by atoms with Crippen LogP contribution in [-0.2, 0) is 32.0 Å². The molecule has 5 saturated carbocycles. The Hall–Kier alpha value is -6.22. The van der Waals surface area contributed by atoms with Crippen LogP contribution in [0.15, 0.2) is 209 Å². The van der Waals surface area contributed by atoms with Gasteiger partial charge in [-0.1, -0.05) is 160 Å². The number of nitrogens with zero attached hydrogens (tertiary/aromatic N) is 2. The van der Waals surface area contributed by atoms with E-state index in [2.05, 4.69) is 153 Å². The third kappa shape index (κ3) is 8.38. The molecule has 3 saturated heterocycles. The Morgan fingerprint density at radius 1 is 0.554 bits per heavy atom. The van der Waals surface area contributed by atoms with Crippen LogP contribution in [0.1, 0.15) is 191 Å². The molecule has 474 valence electrons. The van der Waals surface area contributed by atoms with Gasteiger partial charge in [0.2, 0.25) is 0 Å². The number of ether oxygens (including phenoxy) is 3. The molecular formula is C85H95N3O4. The van der Waals surface area contributed by atoms with Gasteiger partial charge >= 0.3 is 0 Å². The summed E-state index contributed by atoms with van der Waals surface area (Å²) in [6, 6.07) is 28.6. The van der Waals surface area contributed by atoms with Crippen LogP contribution in [0.2, 0.25) is 0 Å². The summed E-state index contributed by atoms with van der Waals surface area (Å²) in [7, 11) is 0. The van der Waals surface area contributed by atoms with Crippen molar-refractivity contribution >= 4 is 22.4 Å². The number of carbonyl (C=O) groups excluding carboxylic acids is 1. The molecule has 14 atom stereocenters. The highest BCUT2D eigenvalue weighted by molar-refractivity contribution is 6.05. The van der Waals surface area contributed by atoms with Crippen LogP contribution in [0.5, 0.6) is 0 Å². The Balaban J connectivity index is 0.000000102. The standard InChI is InChI=1S/C30H32O.C28H34N2O.C27H29NO2/c1-20-7-10-24-18-25-13-14-28(2)26(23-9-8-21-5-3-4-6-22(21)17-23)11-12-27(28)30(25)16-15-29(24,19-20)31-30;1-19-3-4-22-15-23-7-10-26(2)24(28(23)12-11-27(22,16-19)31-28)5-6-25(26)30-14-9-20-8-13-29-17-21(20)18-30;1-18-8-9-19-16-20-12-13-25(2)22(24(29)28-21-6-4-3-5-7-21)10-11-23(25)27(20)15-14-26(19,17-18)30-27/h3-6,8-9,13,17-18,26-27H,1,7,10-12,14-16,19H2,2H3;7-8,13,15,17,24-25H,1,3-6,9-12,14,16,18H2,2H3;3-7,10,12,16,23H,1,8-9,11,13-15,17H2,2H3,(H,28,29)/t26-,27-,28-,29-,30-;24-,25+,26+,27-,28-;23-,25-,26-,27-/m111/s1. The van der Waals surface area contributed by atoms with Crippen molar-refractivity contribution in [3.05, 3.63) is 226 Å². The second kappa shape index (κ2) is 20.6. The summed E-state index contributed by atoms with van der Waals surface area (Å²) < 4.78 is 21.7. The molecule has 1 aromatic heterocycles. The predicted molar refractivity (Wildman–Crippen MR) is 369 cm³/mol. The molecule has 6 spiro atoms. The number of carbonyl (C=O) groups is 1. The lowest BCUT2D eigenvalue weighted by Gasteiger charge is -2.55. The van der Waals surface area contributed by atoms with Gasteiger partial charge in [-0.15, -0.1) is 0 Å². The van der Waals surface area contributed by atoms with E-state index >= 15 is 0 Å². The number of aromatic nitrogens is 1. The number of amides is 1. The zero-order valence-corrected chi connectivity index (χ0v) is 55.1. The first-order chi connectivity index (χ1) is 44.5. The molecule has 1 N–H and O–H groups in total.